The summed E-state index contributed by atoms with van der Waals surface area (Å²) in [7, 11) is 0. The number of hydrogen-bond donors (Lipinski definition) is 2. The van der Waals surface area contributed by atoms with Gasteiger partial charge >= 0.3 is 0 Å². The molecule has 1 aliphatic rings. The van der Waals surface area contributed by atoms with Crippen molar-refractivity contribution in [2.45, 2.75) is 32.5 Å². The number of phenols is 1. The van der Waals surface area contributed by atoms with E-state index in [9.17, 15) is 5.11 Å². The van der Waals surface area contributed by atoms with E-state index in [2.05, 4.69) is 48.6 Å². The number of rotatable bonds is 5. The average Bonchev–Trinajstić information content (AvgIpc) is 2.75. The van der Waals surface area contributed by atoms with Crippen molar-refractivity contribution in [3.05, 3.63) is 95.1 Å². The largest absolute Gasteiger partial charge is 0.508 e. The van der Waals surface area contributed by atoms with E-state index in [-0.39, 0.29) is 12.2 Å². The number of benzene rings is 3. The minimum absolute atomic E-state index is 0.0263. The van der Waals surface area contributed by atoms with Crippen LogP contribution in [0.5, 0.6) is 11.5 Å². The molecule has 29 heavy (non-hydrogen) atoms. The van der Waals surface area contributed by atoms with Crippen molar-refractivity contribution in [2.75, 3.05) is 6.61 Å². The van der Waals surface area contributed by atoms with Crippen LogP contribution in [0.1, 0.15) is 47.8 Å². The smallest absolute Gasteiger partial charge is 0.126 e. The lowest BCUT2D eigenvalue weighted by Gasteiger charge is -2.31. The van der Waals surface area contributed by atoms with Gasteiger partial charge in [-0.2, -0.15) is 0 Å². The number of aromatic hydroxyl groups is 1. The molecule has 4 nitrogen and oxygen atoms in total. The molecule has 2 N–H and O–H groups in total. The van der Waals surface area contributed by atoms with Crippen molar-refractivity contribution < 1.29 is 9.84 Å². The van der Waals surface area contributed by atoms with Gasteiger partial charge in [0.15, 0.2) is 0 Å². The Hall–Kier alpha value is -3.11. The third-order valence-corrected chi connectivity index (χ3v) is 5.25. The zero-order valence-corrected chi connectivity index (χ0v) is 16.8. The highest BCUT2D eigenvalue weighted by atomic mass is 16.5. The van der Waals surface area contributed by atoms with E-state index in [1.54, 1.807) is 6.07 Å². The molecule has 0 spiro atoms. The fourth-order valence-electron chi connectivity index (χ4n) is 3.69. The van der Waals surface area contributed by atoms with E-state index in [0.29, 0.717) is 18.8 Å². The third kappa shape index (κ3) is 4.33. The molecule has 0 saturated carbocycles. The Morgan fingerprint density at radius 2 is 1.72 bits per heavy atom. The Labute approximate surface area is 171 Å². The molecule has 4 rings (SSSR count). The van der Waals surface area contributed by atoms with Gasteiger partial charge in [-0.15, -0.1) is 0 Å². The van der Waals surface area contributed by atoms with E-state index in [0.717, 1.165) is 28.2 Å². The molecule has 0 fully saturated rings. The zero-order valence-electron chi connectivity index (χ0n) is 16.8. The predicted octanol–water partition coefficient (Wildman–Crippen LogP) is 5.32. The van der Waals surface area contributed by atoms with E-state index >= 15 is 0 Å². The summed E-state index contributed by atoms with van der Waals surface area (Å²) >= 11 is 0. The second-order valence-electron chi connectivity index (χ2n) is 7.33. The maximum atomic E-state index is 10.4. The van der Waals surface area contributed by atoms with Gasteiger partial charge in [0.25, 0.3) is 0 Å². The number of nitrogens with one attached hydrogen (secondary N) is 1. The maximum absolute atomic E-state index is 10.4. The number of ether oxygens (including phenoxy) is 1. The van der Waals surface area contributed by atoms with Crippen molar-refractivity contribution in [3.63, 3.8) is 0 Å². The van der Waals surface area contributed by atoms with Crippen LogP contribution in [0.3, 0.4) is 0 Å². The molecule has 3 aromatic rings. The average molecular weight is 386 g/mol. The first-order valence-corrected chi connectivity index (χ1v) is 10.0. The van der Waals surface area contributed by atoms with Gasteiger partial charge in [0.05, 0.1) is 6.61 Å². The topological polar surface area (TPSA) is 53.8 Å². The standard InChI is InChI=1S/C25H26N2O2/c1-3-29-20-14-12-18(13-15-20)22-16-23(21-6-4-5-7-24(21)28)27-25(26-22)19-10-8-17(2)9-11-19/h4-15,23,25,27-28H,3,16H2,1-2H3/t23-,25+/m1/s1. The Morgan fingerprint density at radius 1 is 1.00 bits per heavy atom. The van der Waals surface area contributed by atoms with Crippen molar-refractivity contribution in [1.82, 2.24) is 5.32 Å². The highest BCUT2D eigenvalue weighted by Gasteiger charge is 2.27. The highest BCUT2D eigenvalue weighted by Crippen LogP contribution is 2.34. The van der Waals surface area contributed by atoms with Crippen LogP contribution in [0, 0.1) is 6.92 Å². The number of para-hydroxylation sites is 1. The zero-order chi connectivity index (χ0) is 20.2. The molecule has 1 aliphatic heterocycles. The van der Waals surface area contributed by atoms with Crippen molar-refractivity contribution >= 4 is 5.71 Å². The Bertz CT molecular complexity index is 994. The van der Waals surface area contributed by atoms with Gasteiger partial charge < -0.3 is 9.84 Å². The summed E-state index contributed by atoms with van der Waals surface area (Å²) in [5.74, 6) is 1.17. The molecule has 0 unspecified atom stereocenters. The lowest BCUT2D eigenvalue weighted by molar-refractivity contribution is 0.340. The Balaban J connectivity index is 1.71. The van der Waals surface area contributed by atoms with Crippen LogP contribution in [-0.2, 0) is 0 Å². The first kappa shape index (κ1) is 19.2. The summed E-state index contributed by atoms with van der Waals surface area (Å²) < 4.78 is 5.57. The molecule has 4 heteroatoms. The third-order valence-electron chi connectivity index (χ3n) is 5.25. The lowest BCUT2D eigenvalue weighted by atomic mass is 9.93. The van der Waals surface area contributed by atoms with Gasteiger partial charge in [-0.05, 0) is 55.3 Å². The van der Waals surface area contributed by atoms with Gasteiger partial charge in [0.2, 0.25) is 0 Å². The molecule has 0 amide bonds. The summed E-state index contributed by atoms with van der Waals surface area (Å²) in [6.07, 6.45) is 0.531. The number of aryl methyl sites for hydroxylation is 1. The van der Waals surface area contributed by atoms with Crippen LogP contribution < -0.4 is 10.1 Å². The first-order chi connectivity index (χ1) is 14.1. The van der Waals surface area contributed by atoms with Crippen molar-refractivity contribution in [3.8, 4) is 11.5 Å². The minimum Gasteiger partial charge on any atom is -0.508 e. The first-order valence-electron chi connectivity index (χ1n) is 10.0. The second-order valence-corrected chi connectivity index (χ2v) is 7.33. The van der Waals surface area contributed by atoms with Crippen LogP contribution in [-0.4, -0.2) is 17.4 Å². The van der Waals surface area contributed by atoms with Crippen LogP contribution in [0.25, 0.3) is 0 Å². The predicted molar refractivity (Wildman–Crippen MR) is 117 cm³/mol. The van der Waals surface area contributed by atoms with Gasteiger partial charge in [0.1, 0.15) is 17.7 Å². The summed E-state index contributed by atoms with van der Waals surface area (Å²) in [4.78, 5) is 5.02. The van der Waals surface area contributed by atoms with Gasteiger partial charge in [0, 0.05) is 23.7 Å². The molecular formula is C25H26N2O2. The fraction of sp³-hybridized carbons (Fsp3) is 0.240. The molecule has 0 aromatic heterocycles. The molecule has 0 bridgehead atoms. The monoisotopic (exact) mass is 386 g/mol. The Kier molecular flexibility index (Phi) is 5.63. The van der Waals surface area contributed by atoms with Crippen LogP contribution in [0.15, 0.2) is 77.8 Å². The van der Waals surface area contributed by atoms with E-state index < -0.39 is 0 Å². The van der Waals surface area contributed by atoms with Gasteiger partial charge in [-0.1, -0.05) is 48.0 Å². The van der Waals surface area contributed by atoms with E-state index in [1.165, 1.54) is 5.56 Å². The highest BCUT2D eigenvalue weighted by molar-refractivity contribution is 6.01. The SMILES string of the molecule is CCOc1ccc(C2=N[C@H](c3ccc(C)cc3)N[C@@H](c3ccccc3O)C2)cc1. The quantitative estimate of drug-likeness (QED) is 0.624. The molecule has 1 heterocycles. The van der Waals surface area contributed by atoms with Crippen LogP contribution >= 0.6 is 0 Å². The van der Waals surface area contributed by atoms with E-state index in [1.807, 2.05) is 37.3 Å². The Morgan fingerprint density at radius 3 is 2.41 bits per heavy atom. The van der Waals surface area contributed by atoms with E-state index in [4.69, 9.17) is 9.73 Å². The van der Waals surface area contributed by atoms with Crippen molar-refractivity contribution in [1.29, 1.82) is 0 Å². The number of hydrogen-bond acceptors (Lipinski definition) is 4. The lowest BCUT2D eigenvalue weighted by Crippen LogP contribution is -2.33. The second kappa shape index (κ2) is 8.50. The van der Waals surface area contributed by atoms with Crippen molar-refractivity contribution in [2.24, 2.45) is 4.99 Å². The molecule has 0 aliphatic carbocycles. The molecule has 3 aromatic carbocycles. The minimum atomic E-state index is -0.171. The molecule has 0 radical (unpaired) electrons. The molecule has 0 saturated heterocycles. The molecule has 2 atom stereocenters. The summed E-state index contributed by atoms with van der Waals surface area (Å²) in [6, 6.07) is 24.0. The number of aliphatic imine (C=N–C) groups is 1. The normalized spacial score (nSPS) is 18.9. The number of nitrogens with zero attached hydrogens (tertiary/aromatic N) is 1. The molecule has 148 valence electrons. The maximum Gasteiger partial charge on any atom is 0.126 e. The fourth-order valence-corrected chi connectivity index (χ4v) is 3.69. The van der Waals surface area contributed by atoms with Gasteiger partial charge in [-0.3, -0.25) is 10.3 Å². The van der Waals surface area contributed by atoms with Gasteiger partial charge in [-0.25, -0.2) is 0 Å². The molecular weight excluding hydrogens is 360 g/mol. The summed E-state index contributed by atoms with van der Waals surface area (Å²) in [6.45, 7) is 4.71. The number of phenolic OH excluding ortho intramolecular Hbond substituents is 1. The van der Waals surface area contributed by atoms with Crippen LogP contribution in [0.4, 0.5) is 0 Å². The summed E-state index contributed by atoms with van der Waals surface area (Å²) in [5.41, 5.74) is 5.32. The van der Waals surface area contributed by atoms with Crippen LogP contribution in [0.2, 0.25) is 0 Å². The summed E-state index contributed by atoms with van der Waals surface area (Å²) in [5, 5.41) is 14.0.